The third-order valence-corrected chi connectivity index (χ3v) is 6.02. The van der Waals surface area contributed by atoms with Crippen LogP contribution in [0.15, 0.2) is 21.3 Å². The van der Waals surface area contributed by atoms with Gasteiger partial charge in [-0.25, -0.2) is 13.6 Å². The van der Waals surface area contributed by atoms with Crippen molar-refractivity contribution in [3.63, 3.8) is 0 Å². The van der Waals surface area contributed by atoms with Crippen LogP contribution in [0.3, 0.4) is 0 Å². The van der Waals surface area contributed by atoms with Crippen LogP contribution in [-0.4, -0.2) is 0 Å². The molecule has 0 radical (unpaired) electrons. The van der Waals surface area contributed by atoms with Crippen LogP contribution < -0.4 is 10.7 Å². The second kappa shape index (κ2) is 14.2. The molecule has 0 N–H and O–H groups in total. The lowest BCUT2D eigenvalue weighted by Gasteiger charge is -2.12. The van der Waals surface area contributed by atoms with E-state index in [-0.39, 0.29) is 5.39 Å². The second-order valence-electron chi connectivity index (χ2n) is 8.67. The van der Waals surface area contributed by atoms with Gasteiger partial charge in [0, 0.05) is 11.5 Å². The quantitative estimate of drug-likeness (QED) is 0.202. The number of hydrogen-bond donors (Lipinski definition) is 0. The van der Waals surface area contributed by atoms with Crippen molar-refractivity contribution < 1.29 is 18.3 Å². The van der Waals surface area contributed by atoms with E-state index in [4.69, 9.17) is 4.42 Å². The van der Waals surface area contributed by atoms with E-state index >= 15 is 0 Å². The molecule has 3 nitrogen and oxygen atoms in total. The molecule has 5 heteroatoms. The van der Waals surface area contributed by atoms with Gasteiger partial charge < -0.3 is 9.52 Å². The van der Waals surface area contributed by atoms with Crippen LogP contribution in [0.1, 0.15) is 109 Å². The maximum absolute atomic E-state index is 14.0. The third-order valence-electron chi connectivity index (χ3n) is 6.02. The van der Waals surface area contributed by atoms with E-state index in [1.54, 1.807) is 0 Å². The van der Waals surface area contributed by atoms with Crippen LogP contribution >= 0.6 is 0 Å². The van der Waals surface area contributed by atoms with Gasteiger partial charge in [0.05, 0.1) is 0 Å². The Kier molecular flexibility index (Phi) is 11.6. The molecule has 31 heavy (non-hydrogen) atoms. The Bertz CT molecular complexity index is 845. The highest BCUT2D eigenvalue weighted by Gasteiger charge is 2.13. The smallest absolute Gasteiger partial charge is 0.336 e. The first-order valence-corrected chi connectivity index (χ1v) is 12.2. The highest BCUT2D eigenvalue weighted by Crippen LogP contribution is 2.28. The van der Waals surface area contributed by atoms with E-state index in [2.05, 4.69) is 6.92 Å². The van der Waals surface area contributed by atoms with Crippen LogP contribution in [0, 0.1) is 11.6 Å². The summed E-state index contributed by atoms with van der Waals surface area (Å²) in [6, 6.07) is 2.25. The zero-order valence-corrected chi connectivity index (χ0v) is 18.9. The molecule has 0 saturated carbocycles. The van der Waals surface area contributed by atoms with Gasteiger partial charge in [0.2, 0.25) is 0 Å². The number of unbranched alkanes of at least 4 members (excludes halogenated alkanes) is 14. The second-order valence-corrected chi connectivity index (χ2v) is 8.67. The van der Waals surface area contributed by atoms with Gasteiger partial charge in [-0.05, 0) is 30.2 Å². The summed E-state index contributed by atoms with van der Waals surface area (Å²) in [6.45, 7) is 2.25. The summed E-state index contributed by atoms with van der Waals surface area (Å²) in [5.41, 5.74) is -0.609. The zero-order chi connectivity index (χ0) is 22.5. The minimum absolute atomic E-state index is 0.180. The molecule has 1 aromatic carbocycles. The van der Waals surface area contributed by atoms with Gasteiger partial charge in [0.25, 0.3) is 0 Å². The van der Waals surface area contributed by atoms with Gasteiger partial charge in [-0.2, -0.15) is 0 Å². The Morgan fingerprint density at radius 3 is 1.77 bits per heavy atom. The first-order chi connectivity index (χ1) is 15.0. The first kappa shape index (κ1) is 25.4. The van der Waals surface area contributed by atoms with Crippen molar-refractivity contribution >= 4 is 11.0 Å². The molecular formula is C26H37F2O3-. The van der Waals surface area contributed by atoms with Crippen LogP contribution in [0.4, 0.5) is 8.78 Å². The first-order valence-electron chi connectivity index (χ1n) is 12.2. The Balaban J connectivity index is 1.58. The monoisotopic (exact) mass is 435 g/mol. The molecule has 0 unspecified atom stereocenters. The molecule has 0 saturated heterocycles. The minimum Gasteiger partial charge on any atom is -0.868 e. The van der Waals surface area contributed by atoms with Gasteiger partial charge in [-0.3, -0.25) is 0 Å². The molecule has 2 aromatic rings. The van der Waals surface area contributed by atoms with Crippen molar-refractivity contribution in [1.29, 1.82) is 0 Å². The van der Waals surface area contributed by atoms with E-state index in [1.807, 2.05) is 0 Å². The molecule has 0 bridgehead atoms. The summed E-state index contributed by atoms with van der Waals surface area (Å²) < 4.78 is 32.4. The highest BCUT2D eigenvalue weighted by atomic mass is 19.1. The summed E-state index contributed by atoms with van der Waals surface area (Å²) in [5.74, 6) is -3.85. The topological polar surface area (TPSA) is 53.3 Å². The molecule has 0 aliphatic heterocycles. The molecule has 0 aliphatic rings. The maximum atomic E-state index is 14.0. The molecule has 1 heterocycles. The van der Waals surface area contributed by atoms with Crippen molar-refractivity contribution in [3.05, 3.63) is 39.8 Å². The lowest BCUT2D eigenvalue weighted by molar-refractivity contribution is -0.276. The SMILES string of the molecule is CCCCCCCCCCCCCCCCCc1cc(=O)oc2c(F)c([O-])c(F)cc12. The molecule has 174 valence electrons. The summed E-state index contributed by atoms with van der Waals surface area (Å²) >= 11 is 0. The van der Waals surface area contributed by atoms with E-state index in [9.17, 15) is 18.7 Å². The Morgan fingerprint density at radius 2 is 1.26 bits per heavy atom. The number of aryl methyl sites for hydroxylation is 1. The van der Waals surface area contributed by atoms with Gasteiger partial charge in [0.1, 0.15) is 5.82 Å². The number of rotatable bonds is 16. The van der Waals surface area contributed by atoms with E-state index in [0.29, 0.717) is 12.0 Å². The van der Waals surface area contributed by atoms with Gasteiger partial charge in [0.15, 0.2) is 11.4 Å². The summed E-state index contributed by atoms with van der Waals surface area (Å²) in [5, 5.41) is 11.6. The molecule has 1 aromatic heterocycles. The van der Waals surface area contributed by atoms with Crippen molar-refractivity contribution in [3.8, 4) is 5.75 Å². The molecule has 2 rings (SSSR count). The average Bonchev–Trinajstić information content (AvgIpc) is 2.75. The number of halogens is 2. The van der Waals surface area contributed by atoms with Crippen molar-refractivity contribution in [2.75, 3.05) is 0 Å². The van der Waals surface area contributed by atoms with Crippen LogP contribution in [0.25, 0.3) is 11.0 Å². The highest BCUT2D eigenvalue weighted by molar-refractivity contribution is 5.82. The van der Waals surface area contributed by atoms with E-state index in [0.717, 1.165) is 25.3 Å². The molecular weight excluding hydrogens is 398 g/mol. The molecule has 0 aliphatic carbocycles. The zero-order valence-electron chi connectivity index (χ0n) is 18.9. The van der Waals surface area contributed by atoms with Crippen LogP contribution in [0.5, 0.6) is 5.75 Å². The van der Waals surface area contributed by atoms with Gasteiger partial charge >= 0.3 is 5.63 Å². The maximum Gasteiger partial charge on any atom is 0.336 e. The summed E-state index contributed by atoms with van der Waals surface area (Å²) in [4.78, 5) is 11.7. The Hall–Kier alpha value is -1.91. The van der Waals surface area contributed by atoms with Crippen LogP contribution in [-0.2, 0) is 6.42 Å². The Labute approximate surface area is 184 Å². The predicted octanol–water partition coefficient (Wildman–Crippen LogP) is 7.56. The fourth-order valence-corrected chi connectivity index (χ4v) is 4.17. The summed E-state index contributed by atoms with van der Waals surface area (Å²) in [6.07, 6.45) is 19.5. The fraction of sp³-hybridized carbons (Fsp3) is 0.654. The third kappa shape index (κ3) is 8.62. The average molecular weight is 436 g/mol. The van der Waals surface area contributed by atoms with Crippen molar-refractivity contribution in [1.82, 2.24) is 0 Å². The molecule has 0 spiro atoms. The predicted molar refractivity (Wildman–Crippen MR) is 120 cm³/mol. The van der Waals surface area contributed by atoms with Crippen molar-refractivity contribution in [2.45, 2.75) is 110 Å². The number of benzene rings is 1. The number of fused-ring (bicyclic) bond motifs is 1. The lowest BCUT2D eigenvalue weighted by atomic mass is 10.0. The lowest BCUT2D eigenvalue weighted by Crippen LogP contribution is -2.05. The molecule has 0 fully saturated rings. The van der Waals surface area contributed by atoms with Gasteiger partial charge in [-0.15, -0.1) is 0 Å². The number of hydrogen-bond acceptors (Lipinski definition) is 3. The fourth-order valence-electron chi connectivity index (χ4n) is 4.17. The minimum atomic E-state index is -1.36. The largest absolute Gasteiger partial charge is 0.868 e. The van der Waals surface area contributed by atoms with Crippen LogP contribution in [0.2, 0.25) is 0 Å². The van der Waals surface area contributed by atoms with Crippen molar-refractivity contribution in [2.24, 2.45) is 0 Å². The van der Waals surface area contributed by atoms with E-state index < -0.39 is 28.6 Å². The standard InChI is InChI=1S/C26H38F2O3/c1-2-3-4-5-6-7-8-9-10-11-12-13-14-15-16-17-20-18-23(29)31-26-21(20)19-22(27)25(30)24(26)28/h18-19,30H,2-17H2,1H3/p-1. The summed E-state index contributed by atoms with van der Waals surface area (Å²) in [7, 11) is 0. The van der Waals surface area contributed by atoms with Gasteiger partial charge in [-0.1, -0.05) is 96.8 Å². The molecule has 0 amide bonds. The van der Waals surface area contributed by atoms with E-state index in [1.165, 1.54) is 83.1 Å². The Morgan fingerprint density at radius 1 is 0.774 bits per heavy atom. The normalized spacial score (nSPS) is 11.5. The molecule has 0 atom stereocenters.